The Morgan fingerprint density at radius 2 is 1.81 bits per heavy atom. The molecule has 6 heteroatoms. The fourth-order valence-corrected chi connectivity index (χ4v) is 4.05. The zero-order valence-corrected chi connectivity index (χ0v) is 15.7. The summed E-state index contributed by atoms with van der Waals surface area (Å²) >= 11 is 0. The van der Waals surface area contributed by atoms with Crippen molar-refractivity contribution in [2.24, 2.45) is 0 Å². The van der Waals surface area contributed by atoms with Gasteiger partial charge in [-0.25, -0.2) is 0 Å². The van der Waals surface area contributed by atoms with Crippen molar-refractivity contribution in [3.05, 3.63) is 29.8 Å². The molecule has 1 aromatic carbocycles. The molecule has 2 aliphatic rings. The number of rotatable bonds is 5. The molecule has 0 radical (unpaired) electrons. The summed E-state index contributed by atoms with van der Waals surface area (Å²) in [6.07, 6.45) is 3.43. The highest BCUT2D eigenvalue weighted by Crippen LogP contribution is 2.29. The number of carbonyl (C=O) groups excluding carboxylic acids is 2. The van der Waals surface area contributed by atoms with Crippen molar-refractivity contribution in [1.29, 1.82) is 0 Å². The second kappa shape index (κ2) is 8.54. The van der Waals surface area contributed by atoms with E-state index in [9.17, 15) is 9.59 Å². The number of hydrogen-bond donors (Lipinski definition) is 1. The Balaban J connectivity index is 1.67. The number of ether oxygens (including phenoxy) is 1. The minimum atomic E-state index is -0.0299. The maximum absolute atomic E-state index is 12.6. The van der Waals surface area contributed by atoms with Gasteiger partial charge in [0.15, 0.2) is 0 Å². The Bertz CT molecular complexity index is 626. The molecular weight excluding hydrogens is 330 g/mol. The molecule has 2 heterocycles. The minimum absolute atomic E-state index is 0.0232. The molecule has 0 bridgehead atoms. The molecule has 0 spiro atoms. The van der Waals surface area contributed by atoms with Gasteiger partial charge in [0.05, 0.1) is 13.7 Å². The number of carbonyl (C=O) groups is 2. The van der Waals surface area contributed by atoms with Crippen LogP contribution in [0.5, 0.6) is 5.75 Å². The lowest BCUT2D eigenvalue weighted by Gasteiger charge is -2.28. The van der Waals surface area contributed by atoms with Crippen molar-refractivity contribution in [3.63, 3.8) is 0 Å². The molecule has 0 aliphatic carbocycles. The van der Waals surface area contributed by atoms with Crippen molar-refractivity contribution in [1.82, 2.24) is 15.1 Å². The van der Waals surface area contributed by atoms with Gasteiger partial charge in [-0.15, -0.1) is 0 Å². The number of nitrogens with zero attached hydrogens (tertiary/aromatic N) is 2. The van der Waals surface area contributed by atoms with E-state index >= 15 is 0 Å². The fraction of sp³-hybridized carbons (Fsp3) is 0.600. The van der Waals surface area contributed by atoms with Crippen LogP contribution >= 0.6 is 0 Å². The summed E-state index contributed by atoms with van der Waals surface area (Å²) in [5, 5.41) is 3.06. The lowest BCUT2D eigenvalue weighted by molar-refractivity contribution is -0.133. The number of hydrogen-bond acceptors (Lipinski definition) is 4. The molecule has 0 aromatic heterocycles. The van der Waals surface area contributed by atoms with Gasteiger partial charge in [-0.05, 0) is 37.0 Å². The van der Waals surface area contributed by atoms with Crippen LogP contribution in [0.1, 0.15) is 37.7 Å². The van der Waals surface area contributed by atoms with Gasteiger partial charge < -0.3 is 15.0 Å². The van der Waals surface area contributed by atoms with Gasteiger partial charge in [0.1, 0.15) is 5.75 Å². The van der Waals surface area contributed by atoms with Crippen LogP contribution in [0.25, 0.3) is 0 Å². The first kappa shape index (κ1) is 18.7. The summed E-state index contributed by atoms with van der Waals surface area (Å²) in [5.74, 6) is 1.18. The van der Waals surface area contributed by atoms with E-state index in [1.54, 1.807) is 14.0 Å². The summed E-state index contributed by atoms with van der Waals surface area (Å²) < 4.78 is 5.23. The van der Waals surface area contributed by atoms with E-state index in [0.29, 0.717) is 13.1 Å². The van der Waals surface area contributed by atoms with E-state index in [2.05, 4.69) is 10.2 Å². The molecule has 2 amide bonds. The van der Waals surface area contributed by atoms with Gasteiger partial charge in [-0.1, -0.05) is 12.1 Å². The summed E-state index contributed by atoms with van der Waals surface area (Å²) in [6, 6.07) is 8.02. The Hall–Kier alpha value is -2.08. The first-order valence-electron chi connectivity index (χ1n) is 9.48. The first-order valence-corrected chi connectivity index (χ1v) is 9.48. The molecule has 26 heavy (non-hydrogen) atoms. The van der Waals surface area contributed by atoms with Crippen LogP contribution in [0.3, 0.4) is 0 Å². The highest BCUT2D eigenvalue weighted by atomic mass is 16.5. The average Bonchev–Trinajstić information content (AvgIpc) is 3.04. The molecule has 1 aromatic rings. The fourth-order valence-electron chi connectivity index (χ4n) is 4.05. The molecule has 0 unspecified atom stereocenters. The standard InChI is InChI=1S/C20H29N3O3/c1-15(24)21-19-13-22(14-20(25)23-10-4-3-5-11-23)12-18(19)16-6-8-17(26-2)9-7-16/h6-9,18-19H,3-5,10-14H2,1-2H3,(H,21,24)/t18-,19+/m0/s1. The highest BCUT2D eigenvalue weighted by molar-refractivity contribution is 5.78. The minimum Gasteiger partial charge on any atom is -0.497 e. The Morgan fingerprint density at radius 3 is 2.42 bits per heavy atom. The molecule has 6 nitrogen and oxygen atoms in total. The van der Waals surface area contributed by atoms with E-state index in [-0.39, 0.29) is 23.8 Å². The van der Waals surface area contributed by atoms with Gasteiger partial charge in [0, 0.05) is 45.1 Å². The molecule has 2 fully saturated rings. The van der Waals surface area contributed by atoms with Gasteiger partial charge >= 0.3 is 0 Å². The SMILES string of the molecule is COc1ccc([C@@H]2CN(CC(=O)N3CCCCC3)C[C@H]2NC(C)=O)cc1. The largest absolute Gasteiger partial charge is 0.497 e. The molecule has 2 atom stereocenters. The summed E-state index contributed by atoms with van der Waals surface area (Å²) in [4.78, 5) is 28.4. The van der Waals surface area contributed by atoms with Gasteiger partial charge in [0.25, 0.3) is 0 Å². The molecule has 2 aliphatic heterocycles. The lowest BCUT2D eigenvalue weighted by Crippen LogP contribution is -2.43. The monoisotopic (exact) mass is 359 g/mol. The van der Waals surface area contributed by atoms with Crippen molar-refractivity contribution in [2.75, 3.05) is 39.8 Å². The topological polar surface area (TPSA) is 61.9 Å². The summed E-state index contributed by atoms with van der Waals surface area (Å²) in [6.45, 7) is 5.22. The number of amides is 2. The molecule has 2 saturated heterocycles. The van der Waals surface area contributed by atoms with Crippen molar-refractivity contribution < 1.29 is 14.3 Å². The first-order chi connectivity index (χ1) is 12.6. The smallest absolute Gasteiger partial charge is 0.236 e. The maximum atomic E-state index is 12.6. The normalized spacial score (nSPS) is 23.7. The van der Waals surface area contributed by atoms with Crippen molar-refractivity contribution >= 4 is 11.8 Å². The third kappa shape index (κ3) is 4.55. The molecule has 0 saturated carbocycles. The predicted molar refractivity (Wildman–Crippen MR) is 100 cm³/mol. The zero-order valence-electron chi connectivity index (χ0n) is 15.7. The number of nitrogens with one attached hydrogen (secondary N) is 1. The second-order valence-electron chi connectivity index (χ2n) is 7.32. The van der Waals surface area contributed by atoms with E-state index in [1.165, 1.54) is 6.42 Å². The molecule has 3 rings (SSSR count). The summed E-state index contributed by atoms with van der Waals surface area (Å²) in [5.41, 5.74) is 1.16. The van der Waals surface area contributed by atoms with Crippen LogP contribution in [0.15, 0.2) is 24.3 Å². The van der Waals surface area contributed by atoms with Crippen LogP contribution in [0.4, 0.5) is 0 Å². The Labute approximate surface area is 155 Å². The van der Waals surface area contributed by atoms with Gasteiger partial charge in [0.2, 0.25) is 11.8 Å². The van der Waals surface area contributed by atoms with E-state index in [1.807, 2.05) is 29.2 Å². The van der Waals surface area contributed by atoms with E-state index in [0.717, 1.165) is 43.8 Å². The second-order valence-corrected chi connectivity index (χ2v) is 7.32. The Morgan fingerprint density at radius 1 is 1.12 bits per heavy atom. The van der Waals surface area contributed by atoms with Gasteiger partial charge in [-0.3, -0.25) is 14.5 Å². The molecule has 142 valence electrons. The van der Waals surface area contributed by atoms with Gasteiger partial charge in [-0.2, -0.15) is 0 Å². The lowest BCUT2D eigenvalue weighted by atomic mass is 9.94. The number of piperidine rings is 1. The average molecular weight is 359 g/mol. The van der Waals surface area contributed by atoms with E-state index in [4.69, 9.17) is 4.74 Å². The van der Waals surface area contributed by atoms with Crippen LogP contribution in [0, 0.1) is 0 Å². The van der Waals surface area contributed by atoms with Crippen LogP contribution in [0.2, 0.25) is 0 Å². The van der Waals surface area contributed by atoms with E-state index < -0.39 is 0 Å². The van der Waals surface area contributed by atoms with Crippen LogP contribution in [-0.2, 0) is 9.59 Å². The molecule has 1 N–H and O–H groups in total. The van der Waals surface area contributed by atoms with Crippen molar-refractivity contribution in [2.45, 2.75) is 38.1 Å². The zero-order chi connectivity index (χ0) is 18.5. The predicted octanol–water partition coefficient (Wildman–Crippen LogP) is 1.61. The number of likely N-dealkylation sites (tertiary alicyclic amines) is 2. The number of methoxy groups -OCH3 is 1. The van der Waals surface area contributed by atoms with Crippen LogP contribution < -0.4 is 10.1 Å². The summed E-state index contributed by atoms with van der Waals surface area (Å²) in [7, 11) is 1.65. The maximum Gasteiger partial charge on any atom is 0.236 e. The molecular formula is C20H29N3O3. The highest BCUT2D eigenvalue weighted by Gasteiger charge is 2.35. The third-order valence-corrected chi connectivity index (χ3v) is 5.40. The number of benzene rings is 1. The van der Waals surface area contributed by atoms with Crippen LogP contribution in [-0.4, -0.2) is 67.5 Å². The van der Waals surface area contributed by atoms with Crippen molar-refractivity contribution in [3.8, 4) is 5.75 Å². The Kier molecular flexibility index (Phi) is 6.14. The third-order valence-electron chi connectivity index (χ3n) is 5.40. The quantitative estimate of drug-likeness (QED) is 0.868.